The molecule has 0 bridgehead atoms. The Kier molecular flexibility index (Phi) is 4.58. The normalized spacial score (nSPS) is 10.5. The van der Waals surface area contributed by atoms with E-state index in [0.29, 0.717) is 27.6 Å². The van der Waals surface area contributed by atoms with E-state index in [0.717, 1.165) is 5.56 Å². The number of aryl methyl sites for hydroxylation is 1. The Morgan fingerprint density at radius 2 is 1.95 bits per heavy atom. The van der Waals surface area contributed by atoms with E-state index < -0.39 is 0 Å². The summed E-state index contributed by atoms with van der Waals surface area (Å²) in [6.07, 6.45) is 0. The molecule has 0 N–H and O–H groups in total. The van der Waals surface area contributed by atoms with Gasteiger partial charge in [-0.15, -0.1) is 0 Å². The molecule has 19 heavy (non-hydrogen) atoms. The molecule has 2 aromatic rings. The van der Waals surface area contributed by atoms with Crippen molar-refractivity contribution in [2.24, 2.45) is 0 Å². The lowest BCUT2D eigenvalue weighted by Crippen LogP contribution is -1.99. The standard InChI is InChI=1S/C13H12Cl2N2O2/c1-8-3-4-9(14)5-10(8)19-13-6-11(15)16-12(17-13)7-18-2/h3-6H,7H2,1-2H3. The number of rotatable bonds is 4. The average molecular weight is 299 g/mol. The van der Waals surface area contributed by atoms with Crippen LogP contribution in [-0.4, -0.2) is 17.1 Å². The van der Waals surface area contributed by atoms with Crippen LogP contribution < -0.4 is 4.74 Å². The summed E-state index contributed by atoms with van der Waals surface area (Å²) in [5.41, 5.74) is 0.951. The van der Waals surface area contributed by atoms with Crippen molar-refractivity contribution in [3.63, 3.8) is 0 Å². The van der Waals surface area contributed by atoms with E-state index in [1.165, 1.54) is 0 Å². The maximum atomic E-state index is 5.94. The molecule has 0 atom stereocenters. The largest absolute Gasteiger partial charge is 0.439 e. The summed E-state index contributed by atoms with van der Waals surface area (Å²) in [5, 5.41) is 0.898. The van der Waals surface area contributed by atoms with Crippen LogP contribution in [0.1, 0.15) is 11.4 Å². The van der Waals surface area contributed by atoms with Crippen molar-refractivity contribution in [2.45, 2.75) is 13.5 Å². The van der Waals surface area contributed by atoms with Gasteiger partial charge in [0.15, 0.2) is 5.82 Å². The minimum absolute atomic E-state index is 0.269. The minimum atomic E-state index is 0.269. The predicted molar refractivity (Wildman–Crippen MR) is 74.0 cm³/mol. The van der Waals surface area contributed by atoms with Gasteiger partial charge in [0.1, 0.15) is 17.5 Å². The summed E-state index contributed by atoms with van der Waals surface area (Å²) < 4.78 is 10.7. The molecule has 0 aliphatic rings. The number of ether oxygens (including phenoxy) is 2. The van der Waals surface area contributed by atoms with Gasteiger partial charge in [0.05, 0.1) is 0 Å². The molecule has 0 unspecified atom stereocenters. The van der Waals surface area contributed by atoms with E-state index in [4.69, 9.17) is 32.7 Å². The lowest BCUT2D eigenvalue weighted by molar-refractivity contribution is 0.177. The molecule has 0 amide bonds. The van der Waals surface area contributed by atoms with E-state index >= 15 is 0 Å². The van der Waals surface area contributed by atoms with Gasteiger partial charge in [-0.1, -0.05) is 29.3 Å². The zero-order chi connectivity index (χ0) is 13.8. The van der Waals surface area contributed by atoms with Crippen molar-refractivity contribution >= 4 is 23.2 Å². The van der Waals surface area contributed by atoms with Crippen LogP contribution in [0.5, 0.6) is 11.6 Å². The highest BCUT2D eigenvalue weighted by Crippen LogP contribution is 2.27. The molecular formula is C13H12Cl2N2O2. The smallest absolute Gasteiger partial charge is 0.224 e. The maximum Gasteiger partial charge on any atom is 0.224 e. The van der Waals surface area contributed by atoms with Gasteiger partial charge in [-0.2, -0.15) is 4.98 Å². The Balaban J connectivity index is 2.29. The first-order valence-electron chi connectivity index (χ1n) is 5.55. The van der Waals surface area contributed by atoms with Gasteiger partial charge in [0.25, 0.3) is 0 Å². The Morgan fingerprint density at radius 3 is 2.68 bits per heavy atom. The third-order valence-corrected chi connectivity index (χ3v) is 2.78. The number of methoxy groups -OCH3 is 1. The lowest BCUT2D eigenvalue weighted by atomic mass is 10.2. The van der Waals surface area contributed by atoms with E-state index in [1.807, 2.05) is 13.0 Å². The number of hydrogen-bond acceptors (Lipinski definition) is 4. The summed E-state index contributed by atoms with van der Waals surface area (Å²) >= 11 is 11.8. The summed E-state index contributed by atoms with van der Waals surface area (Å²) in [4.78, 5) is 8.23. The fourth-order valence-corrected chi connectivity index (χ4v) is 1.84. The number of aromatic nitrogens is 2. The fraction of sp³-hybridized carbons (Fsp3) is 0.231. The first-order chi connectivity index (χ1) is 9.08. The summed E-state index contributed by atoms with van der Waals surface area (Å²) in [7, 11) is 1.56. The molecule has 0 spiro atoms. The first kappa shape index (κ1) is 14.1. The third-order valence-electron chi connectivity index (χ3n) is 2.36. The molecule has 0 saturated heterocycles. The zero-order valence-corrected chi connectivity index (χ0v) is 12.0. The molecule has 1 heterocycles. The van der Waals surface area contributed by atoms with Crippen LogP contribution >= 0.6 is 23.2 Å². The summed E-state index contributed by atoms with van der Waals surface area (Å²) in [5.74, 6) is 1.45. The number of benzene rings is 1. The lowest BCUT2D eigenvalue weighted by Gasteiger charge is -2.09. The summed E-state index contributed by atoms with van der Waals surface area (Å²) in [6, 6.07) is 6.94. The van der Waals surface area contributed by atoms with Crippen LogP contribution in [0.15, 0.2) is 24.3 Å². The van der Waals surface area contributed by atoms with E-state index in [2.05, 4.69) is 9.97 Å². The molecule has 0 aliphatic carbocycles. The third kappa shape index (κ3) is 3.80. The topological polar surface area (TPSA) is 44.2 Å². The van der Waals surface area contributed by atoms with Crippen molar-refractivity contribution in [3.8, 4) is 11.6 Å². The van der Waals surface area contributed by atoms with Crippen LogP contribution in [0.4, 0.5) is 0 Å². The van der Waals surface area contributed by atoms with Crippen LogP contribution in [0.25, 0.3) is 0 Å². The highest BCUT2D eigenvalue weighted by molar-refractivity contribution is 6.30. The van der Waals surface area contributed by atoms with Gasteiger partial charge in [0, 0.05) is 18.2 Å². The van der Waals surface area contributed by atoms with Gasteiger partial charge in [-0.05, 0) is 24.6 Å². The van der Waals surface area contributed by atoms with Crippen molar-refractivity contribution in [1.29, 1.82) is 0 Å². The molecule has 2 rings (SSSR count). The Morgan fingerprint density at radius 1 is 1.16 bits per heavy atom. The van der Waals surface area contributed by atoms with Gasteiger partial charge in [-0.25, -0.2) is 4.98 Å². The molecule has 0 saturated carbocycles. The number of halogens is 2. The number of nitrogens with zero attached hydrogens (tertiary/aromatic N) is 2. The predicted octanol–water partition coefficient (Wildman–Crippen LogP) is 4.03. The zero-order valence-electron chi connectivity index (χ0n) is 10.5. The van der Waals surface area contributed by atoms with Crippen LogP contribution in [0.2, 0.25) is 10.2 Å². The molecule has 0 radical (unpaired) electrons. The maximum absolute atomic E-state index is 5.94. The molecule has 0 aliphatic heterocycles. The van der Waals surface area contributed by atoms with Crippen molar-refractivity contribution < 1.29 is 9.47 Å². The number of hydrogen-bond donors (Lipinski definition) is 0. The fourth-order valence-electron chi connectivity index (χ4n) is 1.48. The van der Waals surface area contributed by atoms with E-state index in [1.54, 1.807) is 25.3 Å². The second kappa shape index (κ2) is 6.19. The van der Waals surface area contributed by atoms with Crippen LogP contribution in [-0.2, 0) is 11.3 Å². The summed E-state index contributed by atoms with van der Waals surface area (Å²) in [6.45, 7) is 2.19. The van der Waals surface area contributed by atoms with Crippen LogP contribution in [0.3, 0.4) is 0 Å². The highest BCUT2D eigenvalue weighted by Gasteiger charge is 2.07. The van der Waals surface area contributed by atoms with Crippen molar-refractivity contribution in [1.82, 2.24) is 9.97 Å². The second-order valence-corrected chi connectivity index (χ2v) is 4.71. The first-order valence-corrected chi connectivity index (χ1v) is 6.30. The second-order valence-electron chi connectivity index (χ2n) is 3.89. The molecular weight excluding hydrogens is 287 g/mol. The Labute approximate surface area is 121 Å². The van der Waals surface area contributed by atoms with Gasteiger partial charge < -0.3 is 9.47 Å². The molecule has 100 valence electrons. The molecule has 4 nitrogen and oxygen atoms in total. The Bertz CT molecular complexity index is 591. The quantitative estimate of drug-likeness (QED) is 0.799. The van der Waals surface area contributed by atoms with Gasteiger partial charge >= 0.3 is 0 Å². The van der Waals surface area contributed by atoms with Crippen molar-refractivity contribution in [2.75, 3.05) is 7.11 Å². The van der Waals surface area contributed by atoms with Crippen LogP contribution in [0, 0.1) is 6.92 Å². The minimum Gasteiger partial charge on any atom is -0.439 e. The monoisotopic (exact) mass is 298 g/mol. The van der Waals surface area contributed by atoms with Crippen molar-refractivity contribution in [3.05, 3.63) is 45.8 Å². The molecule has 1 aromatic heterocycles. The Hall–Kier alpha value is -1.36. The molecule has 1 aromatic carbocycles. The van der Waals surface area contributed by atoms with Gasteiger partial charge in [0.2, 0.25) is 5.88 Å². The van der Waals surface area contributed by atoms with Gasteiger partial charge in [-0.3, -0.25) is 0 Å². The SMILES string of the molecule is COCc1nc(Cl)cc(Oc2cc(Cl)ccc2C)n1. The molecule has 6 heteroatoms. The van der Waals surface area contributed by atoms with E-state index in [-0.39, 0.29) is 6.61 Å². The average Bonchev–Trinajstić information content (AvgIpc) is 2.33. The van der Waals surface area contributed by atoms with E-state index in [9.17, 15) is 0 Å². The highest BCUT2D eigenvalue weighted by atomic mass is 35.5. The molecule has 0 fully saturated rings.